The second-order valence-electron chi connectivity index (χ2n) is 5.63. The standard InChI is InChI=1S/C14H21BrN2O/c1-14(2,16)10-17-7-8-18-13(9-17)11-3-5-12(15)6-4-11/h3-6,13H,7-10,16H2,1-2H3. The third kappa shape index (κ3) is 4.05. The molecule has 2 N–H and O–H groups in total. The molecule has 1 saturated heterocycles. The Kier molecular flexibility index (Phi) is 4.43. The van der Waals surface area contributed by atoms with Crippen LogP contribution < -0.4 is 5.73 Å². The molecule has 0 radical (unpaired) electrons. The van der Waals surface area contributed by atoms with Crippen molar-refractivity contribution in [1.29, 1.82) is 0 Å². The van der Waals surface area contributed by atoms with Crippen LogP contribution in [0.1, 0.15) is 25.5 Å². The first-order chi connectivity index (χ1) is 8.44. The third-order valence-electron chi connectivity index (χ3n) is 3.02. The molecule has 1 aliphatic heterocycles. The van der Waals surface area contributed by atoms with Gasteiger partial charge in [-0.15, -0.1) is 0 Å². The van der Waals surface area contributed by atoms with E-state index in [1.54, 1.807) is 0 Å². The Hall–Kier alpha value is -0.420. The van der Waals surface area contributed by atoms with Gasteiger partial charge in [0.1, 0.15) is 0 Å². The van der Waals surface area contributed by atoms with Gasteiger partial charge >= 0.3 is 0 Å². The largest absolute Gasteiger partial charge is 0.371 e. The maximum atomic E-state index is 6.08. The monoisotopic (exact) mass is 312 g/mol. The van der Waals surface area contributed by atoms with Crippen molar-refractivity contribution >= 4 is 15.9 Å². The van der Waals surface area contributed by atoms with E-state index in [1.165, 1.54) is 5.56 Å². The first-order valence-corrected chi connectivity index (χ1v) is 7.12. The average Bonchev–Trinajstić information content (AvgIpc) is 2.28. The summed E-state index contributed by atoms with van der Waals surface area (Å²) in [6, 6.07) is 8.35. The molecule has 100 valence electrons. The number of morpholine rings is 1. The van der Waals surface area contributed by atoms with Crippen LogP contribution in [-0.4, -0.2) is 36.7 Å². The SMILES string of the molecule is CC(C)(N)CN1CCOC(c2ccc(Br)cc2)C1. The highest BCUT2D eigenvalue weighted by atomic mass is 79.9. The molecule has 18 heavy (non-hydrogen) atoms. The van der Waals surface area contributed by atoms with Gasteiger partial charge in [0, 0.05) is 29.6 Å². The van der Waals surface area contributed by atoms with Crippen LogP contribution in [0.4, 0.5) is 0 Å². The highest BCUT2D eigenvalue weighted by molar-refractivity contribution is 9.10. The molecule has 3 nitrogen and oxygen atoms in total. The zero-order valence-corrected chi connectivity index (χ0v) is 12.6. The Balaban J connectivity index is 2.00. The Labute approximate surface area is 117 Å². The van der Waals surface area contributed by atoms with Crippen LogP contribution in [0, 0.1) is 0 Å². The molecule has 0 spiro atoms. The molecule has 1 atom stereocenters. The molecule has 1 heterocycles. The zero-order valence-electron chi connectivity index (χ0n) is 11.0. The minimum Gasteiger partial charge on any atom is -0.371 e. The summed E-state index contributed by atoms with van der Waals surface area (Å²) < 4.78 is 6.95. The van der Waals surface area contributed by atoms with Crippen molar-refractivity contribution in [3.05, 3.63) is 34.3 Å². The first kappa shape index (κ1) is 14.0. The number of nitrogens with zero attached hydrogens (tertiary/aromatic N) is 1. The average molecular weight is 313 g/mol. The summed E-state index contributed by atoms with van der Waals surface area (Å²) in [5.74, 6) is 0. The zero-order chi connectivity index (χ0) is 13.2. The predicted molar refractivity (Wildman–Crippen MR) is 77.5 cm³/mol. The van der Waals surface area contributed by atoms with Crippen molar-refractivity contribution in [2.75, 3.05) is 26.2 Å². The van der Waals surface area contributed by atoms with Gasteiger partial charge in [0.15, 0.2) is 0 Å². The van der Waals surface area contributed by atoms with Gasteiger partial charge in [-0.05, 0) is 31.5 Å². The summed E-state index contributed by atoms with van der Waals surface area (Å²) in [6.45, 7) is 7.70. The lowest BCUT2D eigenvalue weighted by atomic mass is 10.0. The summed E-state index contributed by atoms with van der Waals surface area (Å²) in [6.07, 6.45) is 0.161. The van der Waals surface area contributed by atoms with Crippen LogP contribution in [0.15, 0.2) is 28.7 Å². The van der Waals surface area contributed by atoms with Gasteiger partial charge in [-0.25, -0.2) is 0 Å². The molecule has 0 aromatic heterocycles. The van der Waals surface area contributed by atoms with Gasteiger partial charge in [-0.3, -0.25) is 4.90 Å². The first-order valence-electron chi connectivity index (χ1n) is 6.32. The number of benzene rings is 1. The fourth-order valence-electron chi connectivity index (χ4n) is 2.30. The van der Waals surface area contributed by atoms with E-state index in [0.717, 1.165) is 30.7 Å². The maximum Gasteiger partial charge on any atom is 0.0952 e. The van der Waals surface area contributed by atoms with Crippen LogP contribution in [0.25, 0.3) is 0 Å². The minimum absolute atomic E-state index is 0.151. The van der Waals surface area contributed by atoms with Crippen LogP contribution in [0.2, 0.25) is 0 Å². The normalized spacial score (nSPS) is 22.1. The van der Waals surface area contributed by atoms with Crippen molar-refractivity contribution < 1.29 is 4.74 Å². The lowest BCUT2D eigenvalue weighted by Crippen LogP contribution is -2.49. The summed E-state index contributed by atoms with van der Waals surface area (Å²) in [4.78, 5) is 2.39. The van der Waals surface area contributed by atoms with Crippen LogP contribution in [0.5, 0.6) is 0 Å². The molecule has 2 rings (SSSR count). The second kappa shape index (κ2) is 5.70. The van der Waals surface area contributed by atoms with E-state index in [9.17, 15) is 0 Å². The van der Waals surface area contributed by atoms with Crippen molar-refractivity contribution in [1.82, 2.24) is 4.90 Å². The topological polar surface area (TPSA) is 38.5 Å². The molecule has 1 fully saturated rings. The van der Waals surface area contributed by atoms with E-state index in [0.29, 0.717) is 0 Å². The number of rotatable bonds is 3. The molecule has 1 aromatic carbocycles. The number of hydrogen-bond acceptors (Lipinski definition) is 3. The molecule has 1 unspecified atom stereocenters. The van der Waals surface area contributed by atoms with E-state index in [4.69, 9.17) is 10.5 Å². The number of halogens is 1. The van der Waals surface area contributed by atoms with Crippen molar-refractivity contribution in [3.63, 3.8) is 0 Å². The summed E-state index contributed by atoms with van der Waals surface area (Å²) >= 11 is 3.45. The highest BCUT2D eigenvalue weighted by Gasteiger charge is 2.25. The Bertz CT molecular complexity index is 386. The van der Waals surface area contributed by atoms with Gasteiger partial charge in [0.05, 0.1) is 12.7 Å². The quantitative estimate of drug-likeness (QED) is 0.932. The molecule has 1 aromatic rings. The van der Waals surface area contributed by atoms with E-state index in [-0.39, 0.29) is 11.6 Å². The lowest BCUT2D eigenvalue weighted by Gasteiger charge is -2.36. The maximum absolute atomic E-state index is 6.08. The Morgan fingerprint density at radius 1 is 1.39 bits per heavy atom. The molecule has 0 aliphatic carbocycles. The van der Waals surface area contributed by atoms with E-state index >= 15 is 0 Å². The highest BCUT2D eigenvalue weighted by Crippen LogP contribution is 2.24. The van der Waals surface area contributed by atoms with Crippen molar-refractivity contribution in [2.24, 2.45) is 5.73 Å². The number of nitrogens with two attached hydrogens (primary N) is 1. The molecule has 0 amide bonds. The van der Waals surface area contributed by atoms with E-state index in [2.05, 4.69) is 58.9 Å². The van der Waals surface area contributed by atoms with Gasteiger partial charge < -0.3 is 10.5 Å². The fraction of sp³-hybridized carbons (Fsp3) is 0.571. The molecule has 0 bridgehead atoms. The van der Waals surface area contributed by atoms with E-state index < -0.39 is 0 Å². The molecule has 4 heteroatoms. The van der Waals surface area contributed by atoms with Crippen LogP contribution >= 0.6 is 15.9 Å². The van der Waals surface area contributed by atoms with Gasteiger partial charge in [-0.1, -0.05) is 28.1 Å². The minimum atomic E-state index is -0.151. The summed E-state index contributed by atoms with van der Waals surface area (Å²) in [5.41, 5.74) is 7.16. The molecule has 0 saturated carbocycles. The molecular weight excluding hydrogens is 292 g/mol. The molecular formula is C14H21BrN2O. The Morgan fingerprint density at radius 2 is 2.06 bits per heavy atom. The van der Waals surface area contributed by atoms with Gasteiger partial charge in [0.2, 0.25) is 0 Å². The van der Waals surface area contributed by atoms with Crippen LogP contribution in [0.3, 0.4) is 0 Å². The Morgan fingerprint density at radius 3 is 2.67 bits per heavy atom. The second-order valence-corrected chi connectivity index (χ2v) is 6.55. The number of ether oxygens (including phenoxy) is 1. The number of hydrogen-bond donors (Lipinski definition) is 1. The summed E-state index contributed by atoms with van der Waals surface area (Å²) in [7, 11) is 0. The molecule has 1 aliphatic rings. The smallest absolute Gasteiger partial charge is 0.0952 e. The van der Waals surface area contributed by atoms with Crippen LogP contribution in [-0.2, 0) is 4.74 Å². The third-order valence-corrected chi connectivity index (χ3v) is 3.55. The summed E-state index contributed by atoms with van der Waals surface area (Å²) in [5, 5.41) is 0. The van der Waals surface area contributed by atoms with E-state index in [1.807, 2.05) is 0 Å². The van der Waals surface area contributed by atoms with Crippen molar-refractivity contribution in [3.8, 4) is 0 Å². The van der Waals surface area contributed by atoms with Gasteiger partial charge in [0.25, 0.3) is 0 Å². The fourth-order valence-corrected chi connectivity index (χ4v) is 2.57. The van der Waals surface area contributed by atoms with Crippen molar-refractivity contribution in [2.45, 2.75) is 25.5 Å². The predicted octanol–water partition coefficient (Wildman–Crippen LogP) is 2.56. The lowest BCUT2D eigenvalue weighted by molar-refractivity contribution is -0.0347. The van der Waals surface area contributed by atoms with Gasteiger partial charge in [-0.2, -0.15) is 0 Å².